The van der Waals surface area contributed by atoms with E-state index in [0.29, 0.717) is 15.6 Å². The van der Waals surface area contributed by atoms with Crippen LogP contribution in [0.2, 0.25) is 10.0 Å². The first-order valence-electron chi connectivity index (χ1n) is 9.29. The van der Waals surface area contributed by atoms with E-state index in [0.717, 1.165) is 22.3 Å². The second-order valence-corrected chi connectivity index (χ2v) is 8.23. The van der Waals surface area contributed by atoms with Gasteiger partial charge in [-0.2, -0.15) is 0 Å². The van der Waals surface area contributed by atoms with Crippen molar-refractivity contribution in [1.82, 2.24) is 0 Å². The number of ketones is 2. The van der Waals surface area contributed by atoms with Gasteiger partial charge in [0, 0.05) is 27.4 Å². The van der Waals surface area contributed by atoms with E-state index in [1.165, 1.54) is 0 Å². The highest BCUT2D eigenvalue weighted by Crippen LogP contribution is 2.44. The number of carbonyl (C=O) groups excluding carboxylic acids is 2. The van der Waals surface area contributed by atoms with Crippen molar-refractivity contribution in [3.8, 4) is 0 Å². The van der Waals surface area contributed by atoms with Gasteiger partial charge < -0.3 is 0 Å². The third-order valence-corrected chi connectivity index (χ3v) is 6.11. The number of aryl methyl sites for hydroxylation is 1. The smallest absolute Gasteiger partial charge is 0.160 e. The minimum Gasteiger partial charge on any atom is -0.300 e. The summed E-state index contributed by atoms with van der Waals surface area (Å²) in [5, 5.41) is 1.11. The van der Waals surface area contributed by atoms with Gasteiger partial charge in [0.15, 0.2) is 5.78 Å². The minimum atomic E-state index is -0.256. The Bertz CT molecular complexity index is 907. The van der Waals surface area contributed by atoms with Gasteiger partial charge >= 0.3 is 0 Å². The van der Waals surface area contributed by atoms with Gasteiger partial charge in [0.05, 0.1) is 0 Å². The van der Waals surface area contributed by atoms with E-state index < -0.39 is 0 Å². The molecule has 2 aromatic carbocycles. The number of allylic oxidation sites excluding steroid dienone is 1. The van der Waals surface area contributed by atoms with Crippen molar-refractivity contribution in [1.29, 1.82) is 0 Å². The number of benzene rings is 2. The third-order valence-electron chi connectivity index (χ3n) is 5.58. The molecule has 2 nitrogen and oxygen atoms in total. The Balaban J connectivity index is 2.86. The molecule has 2 rings (SSSR count). The van der Waals surface area contributed by atoms with Crippen LogP contribution in [-0.2, 0) is 4.79 Å². The lowest BCUT2D eigenvalue weighted by Gasteiger charge is -2.32. The lowest BCUT2D eigenvalue weighted by atomic mass is 9.71. The molecule has 0 spiro atoms. The van der Waals surface area contributed by atoms with Crippen LogP contribution < -0.4 is 0 Å². The van der Waals surface area contributed by atoms with Crippen LogP contribution in [0.4, 0.5) is 0 Å². The zero-order valence-electron chi connectivity index (χ0n) is 17.0. The molecule has 0 aliphatic heterocycles. The highest BCUT2D eigenvalue weighted by Gasteiger charge is 2.33. The Morgan fingerprint density at radius 2 is 1.75 bits per heavy atom. The molecule has 2 aromatic rings. The van der Waals surface area contributed by atoms with E-state index in [2.05, 4.69) is 6.58 Å². The molecule has 148 valence electrons. The normalized spacial score (nSPS) is 14.2. The van der Waals surface area contributed by atoms with Gasteiger partial charge in [0.25, 0.3) is 0 Å². The van der Waals surface area contributed by atoms with Crippen LogP contribution in [0.15, 0.2) is 43.0 Å². The summed E-state index contributed by atoms with van der Waals surface area (Å²) in [6.07, 6.45) is 1.82. The van der Waals surface area contributed by atoms with Crippen LogP contribution in [0.25, 0.3) is 0 Å². The maximum absolute atomic E-state index is 12.2. The molecule has 0 saturated heterocycles. The molecule has 0 N–H and O–H groups in total. The predicted molar refractivity (Wildman–Crippen MR) is 118 cm³/mol. The van der Waals surface area contributed by atoms with Crippen molar-refractivity contribution >= 4 is 34.8 Å². The van der Waals surface area contributed by atoms with Crippen LogP contribution >= 0.6 is 23.2 Å². The Labute approximate surface area is 177 Å². The SMILES string of the molecule is C=CC(C(C)C(C)=O)C(c1cccc(C(C)=O)c1C)c1c(C)cc(Cl)cc1Cl. The van der Waals surface area contributed by atoms with Crippen LogP contribution in [0, 0.1) is 25.7 Å². The maximum atomic E-state index is 12.2. The molecule has 28 heavy (non-hydrogen) atoms. The van der Waals surface area contributed by atoms with E-state index in [-0.39, 0.29) is 29.3 Å². The number of Topliss-reactive ketones (excluding diaryl/α,β-unsaturated/α-hetero) is 2. The number of hydrogen-bond acceptors (Lipinski definition) is 2. The van der Waals surface area contributed by atoms with Crippen LogP contribution in [0.5, 0.6) is 0 Å². The molecule has 0 fully saturated rings. The first kappa shape index (κ1) is 22.4. The molecule has 3 atom stereocenters. The van der Waals surface area contributed by atoms with Crippen LogP contribution in [0.1, 0.15) is 59.3 Å². The van der Waals surface area contributed by atoms with Gasteiger partial charge in [0.1, 0.15) is 5.78 Å². The predicted octanol–water partition coefficient (Wildman–Crippen LogP) is 6.97. The number of carbonyl (C=O) groups is 2. The maximum Gasteiger partial charge on any atom is 0.160 e. The van der Waals surface area contributed by atoms with Gasteiger partial charge in [-0.3, -0.25) is 9.59 Å². The molecular weight excluding hydrogens is 391 g/mol. The number of hydrogen-bond donors (Lipinski definition) is 0. The van der Waals surface area contributed by atoms with E-state index in [4.69, 9.17) is 23.2 Å². The summed E-state index contributed by atoms with van der Waals surface area (Å²) in [5.41, 5.74) is 4.39. The van der Waals surface area contributed by atoms with Crippen molar-refractivity contribution in [3.05, 3.63) is 80.8 Å². The zero-order chi connectivity index (χ0) is 21.2. The van der Waals surface area contributed by atoms with E-state index >= 15 is 0 Å². The molecule has 0 heterocycles. The van der Waals surface area contributed by atoms with Gasteiger partial charge in [-0.15, -0.1) is 6.58 Å². The standard InChI is InChI=1S/C24H26Cl2O2/c1-7-19(14(3)16(5)27)24(23-13(2)11-18(25)12-22(23)26)21-10-8-9-20(15(21)4)17(6)28/h7-12,14,19,24H,1H2,2-6H3. The Kier molecular flexibility index (Phi) is 7.25. The second kappa shape index (κ2) is 9.07. The van der Waals surface area contributed by atoms with E-state index in [1.807, 2.05) is 51.1 Å². The summed E-state index contributed by atoms with van der Waals surface area (Å²) in [6, 6.07) is 9.30. The minimum absolute atomic E-state index is 0.00629. The average molecular weight is 417 g/mol. The summed E-state index contributed by atoms with van der Waals surface area (Å²) >= 11 is 12.8. The topological polar surface area (TPSA) is 34.1 Å². The molecule has 4 heteroatoms. The quantitative estimate of drug-likeness (QED) is 0.360. The lowest BCUT2D eigenvalue weighted by Crippen LogP contribution is -2.26. The summed E-state index contributed by atoms with van der Waals surface area (Å²) in [4.78, 5) is 24.4. The molecule has 0 saturated carbocycles. The fourth-order valence-corrected chi connectivity index (χ4v) is 4.65. The zero-order valence-corrected chi connectivity index (χ0v) is 18.5. The molecule has 0 amide bonds. The molecular formula is C24H26Cl2O2. The molecule has 0 radical (unpaired) electrons. The third kappa shape index (κ3) is 4.39. The van der Waals surface area contributed by atoms with Crippen molar-refractivity contribution in [2.45, 2.75) is 40.5 Å². The molecule has 0 aliphatic rings. The Morgan fingerprint density at radius 1 is 1.11 bits per heavy atom. The number of halogens is 2. The lowest BCUT2D eigenvalue weighted by molar-refractivity contribution is -0.121. The summed E-state index contributed by atoms with van der Waals surface area (Å²) in [5.74, 6) is -0.574. The van der Waals surface area contributed by atoms with Crippen molar-refractivity contribution in [3.63, 3.8) is 0 Å². The fraction of sp³-hybridized carbons (Fsp3) is 0.333. The van der Waals surface area contributed by atoms with E-state index in [1.54, 1.807) is 19.9 Å². The number of rotatable bonds is 7. The second-order valence-electron chi connectivity index (χ2n) is 7.38. The summed E-state index contributed by atoms with van der Waals surface area (Å²) < 4.78 is 0. The summed E-state index contributed by atoms with van der Waals surface area (Å²) in [6.45, 7) is 13.0. The van der Waals surface area contributed by atoms with Gasteiger partial charge in [0.2, 0.25) is 0 Å². The monoisotopic (exact) mass is 416 g/mol. The van der Waals surface area contributed by atoms with Crippen LogP contribution in [0.3, 0.4) is 0 Å². The first-order chi connectivity index (χ1) is 13.1. The Morgan fingerprint density at radius 3 is 2.25 bits per heavy atom. The highest BCUT2D eigenvalue weighted by atomic mass is 35.5. The fourth-order valence-electron chi connectivity index (χ4n) is 3.93. The molecule has 0 aromatic heterocycles. The van der Waals surface area contributed by atoms with Crippen molar-refractivity contribution in [2.24, 2.45) is 11.8 Å². The van der Waals surface area contributed by atoms with Gasteiger partial charge in [-0.1, -0.05) is 54.4 Å². The van der Waals surface area contributed by atoms with Crippen molar-refractivity contribution < 1.29 is 9.59 Å². The summed E-state index contributed by atoms with van der Waals surface area (Å²) in [7, 11) is 0. The first-order valence-corrected chi connectivity index (χ1v) is 10.0. The Hall–Kier alpha value is -1.90. The van der Waals surface area contributed by atoms with Crippen LogP contribution in [-0.4, -0.2) is 11.6 Å². The highest BCUT2D eigenvalue weighted by molar-refractivity contribution is 6.35. The largest absolute Gasteiger partial charge is 0.300 e. The van der Waals surface area contributed by atoms with Gasteiger partial charge in [-0.05, 0) is 68.0 Å². The molecule has 0 aliphatic carbocycles. The van der Waals surface area contributed by atoms with Crippen molar-refractivity contribution in [2.75, 3.05) is 0 Å². The average Bonchev–Trinajstić information content (AvgIpc) is 2.60. The van der Waals surface area contributed by atoms with E-state index in [9.17, 15) is 9.59 Å². The molecule has 0 bridgehead atoms. The molecule has 3 unspecified atom stereocenters. The van der Waals surface area contributed by atoms with Gasteiger partial charge in [-0.25, -0.2) is 0 Å².